The second kappa shape index (κ2) is 5.60. The van der Waals surface area contributed by atoms with Crippen LogP contribution in [0.5, 0.6) is 5.75 Å². The molecule has 1 spiro atoms. The average Bonchev–Trinajstić information content (AvgIpc) is 2.79. The van der Waals surface area contributed by atoms with Crippen LogP contribution in [0.3, 0.4) is 0 Å². The molecule has 0 radical (unpaired) electrons. The number of rotatable bonds is 1. The molecule has 2 aliphatic rings. The number of halogens is 2. The van der Waals surface area contributed by atoms with Crippen LogP contribution >= 0.6 is 0 Å². The summed E-state index contributed by atoms with van der Waals surface area (Å²) in [5.74, 6) is -1.87. The van der Waals surface area contributed by atoms with E-state index in [2.05, 4.69) is 5.32 Å². The molecule has 3 rings (SSSR count). The fraction of sp³-hybridized carbons (Fsp3) is 0.611. The lowest BCUT2D eigenvalue weighted by atomic mass is 9.70. The summed E-state index contributed by atoms with van der Waals surface area (Å²) >= 11 is 0. The number of carbonyl (C=O) groups excluding carboxylic acids is 1. The zero-order valence-electron chi connectivity index (χ0n) is 14.2. The summed E-state index contributed by atoms with van der Waals surface area (Å²) in [4.78, 5) is 11.9. The molecular weight excluding hydrogens is 316 g/mol. The van der Waals surface area contributed by atoms with Crippen LogP contribution < -0.4 is 10.1 Å². The standard InChI is InChI=1S/C18H23F2NO3/c1-16(2,3)24-15(22)21-12-4-5-14-13(10-12)17(11-23-14)6-8-18(19,20)9-7-17/h4-5,10H,6-9,11H2,1-3H3,(H,21,22). The summed E-state index contributed by atoms with van der Waals surface area (Å²) in [6.45, 7) is 5.80. The Labute approximate surface area is 140 Å². The van der Waals surface area contributed by atoms with E-state index in [1.54, 1.807) is 32.9 Å². The molecule has 0 bridgehead atoms. The van der Waals surface area contributed by atoms with Crippen molar-refractivity contribution < 1.29 is 23.0 Å². The molecule has 1 amide bonds. The van der Waals surface area contributed by atoms with Gasteiger partial charge in [-0.25, -0.2) is 13.6 Å². The Balaban J connectivity index is 1.78. The van der Waals surface area contributed by atoms with Gasteiger partial charge in [-0.3, -0.25) is 5.32 Å². The highest BCUT2D eigenvalue weighted by Gasteiger charge is 2.48. The number of carbonyl (C=O) groups is 1. The molecule has 0 aromatic heterocycles. The van der Waals surface area contributed by atoms with Gasteiger partial charge in [-0.2, -0.15) is 0 Å². The molecule has 1 aliphatic carbocycles. The van der Waals surface area contributed by atoms with Crippen molar-refractivity contribution in [2.24, 2.45) is 0 Å². The number of anilines is 1. The van der Waals surface area contributed by atoms with Gasteiger partial charge in [0, 0.05) is 29.5 Å². The van der Waals surface area contributed by atoms with Crippen molar-refractivity contribution in [1.82, 2.24) is 0 Å². The Morgan fingerprint density at radius 1 is 1.21 bits per heavy atom. The molecule has 0 saturated heterocycles. The van der Waals surface area contributed by atoms with Gasteiger partial charge in [0.1, 0.15) is 11.4 Å². The van der Waals surface area contributed by atoms with Crippen LogP contribution in [0.15, 0.2) is 18.2 Å². The van der Waals surface area contributed by atoms with Crippen molar-refractivity contribution in [3.63, 3.8) is 0 Å². The molecule has 1 heterocycles. The summed E-state index contributed by atoms with van der Waals surface area (Å²) in [5.41, 5.74) is 0.541. The van der Waals surface area contributed by atoms with Gasteiger partial charge in [-0.1, -0.05) is 0 Å². The third-order valence-corrected chi connectivity index (χ3v) is 4.64. The van der Waals surface area contributed by atoms with Crippen molar-refractivity contribution >= 4 is 11.8 Å². The van der Waals surface area contributed by atoms with Crippen molar-refractivity contribution in [1.29, 1.82) is 0 Å². The molecule has 1 fully saturated rings. The van der Waals surface area contributed by atoms with Gasteiger partial charge in [-0.15, -0.1) is 0 Å². The van der Waals surface area contributed by atoms with Crippen LogP contribution in [-0.2, 0) is 10.2 Å². The largest absolute Gasteiger partial charge is 0.492 e. The van der Waals surface area contributed by atoms with E-state index in [4.69, 9.17) is 9.47 Å². The Bertz CT molecular complexity index is 642. The van der Waals surface area contributed by atoms with E-state index in [0.717, 1.165) is 11.3 Å². The molecule has 0 unspecified atom stereocenters. The van der Waals surface area contributed by atoms with Crippen molar-refractivity contribution in [3.8, 4) is 5.75 Å². The third-order valence-electron chi connectivity index (χ3n) is 4.64. The molecule has 4 nitrogen and oxygen atoms in total. The SMILES string of the molecule is CC(C)(C)OC(=O)Nc1ccc2c(c1)C1(CCC(F)(F)CC1)CO2. The van der Waals surface area contributed by atoms with Crippen LogP contribution in [0, 0.1) is 0 Å². The topological polar surface area (TPSA) is 47.6 Å². The Kier molecular flexibility index (Phi) is 3.97. The lowest BCUT2D eigenvalue weighted by Crippen LogP contribution is -2.37. The second-order valence-electron chi connectivity index (χ2n) is 7.76. The second-order valence-corrected chi connectivity index (χ2v) is 7.76. The third kappa shape index (κ3) is 3.47. The molecule has 1 aromatic rings. The number of fused-ring (bicyclic) bond motifs is 2. The predicted molar refractivity (Wildman–Crippen MR) is 86.9 cm³/mol. The molecule has 0 atom stereocenters. The van der Waals surface area contributed by atoms with Crippen molar-refractivity contribution in [3.05, 3.63) is 23.8 Å². The van der Waals surface area contributed by atoms with Gasteiger partial charge in [0.05, 0.1) is 6.61 Å². The van der Waals surface area contributed by atoms with E-state index in [1.165, 1.54) is 0 Å². The minimum atomic E-state index is -2.58. The Hall–Kier alpha value is -1.85. The van der Waals surface area contributed by atoms with Gasteiger partial charge in [0.25, 0.3) is 0 Å². The highest BCUT2D eigenvalue weighted by atomic mass is 19.3. The predicted octanol–water partition coefficient (Wildman–Crippen LogP) is 4.87. The summed E-state index contributed by atoms with van der Waals surface area (Å²) in [6, 6.07) is 5.35. The highest BCUT2D eigenvalue weighted by molar-refractivity contribution is 5.85. The number of alkyl halides is 2. The molecular formula is C18H23F2NO3. The first-order valence-corrected chi connectivity index (χ1v) is 8.24. The first-order chi connectivity index (χ1) is 11.1. The summed E-state index contributed by atoms with van der Waals surface area (Å²) in [6.07, 6.45) is -0.00392. The van der Waals surface area contributed by atoms with E-state index in [1.807, 2.05) is 6.07 Å². The maximum atomic E-state index is 13.5. The lowest BCUT2D eigenvalue weighted by molar-refractivity contribution is -0.0538. The van der Waals surface area contributed by atoms with Gasteiger partial charge < -0.3 is 9.47 Å². The maximum Gasteiger partial charge on any atom is 0.412 e. The zero-order valence-corrected chi connectivity index (χ0v) is 14.2. The number of amides is 1. The molecule has 6 heteroatoms. The first kappa shape index (κ1) is 17.0. The monoisotopic (exact) mass is 339 g/mol. The van der Waals surface area contributed by atoms with E-state index in [0.29, 0.717) is 25.1 Å². The Morgan fingerprint density at radius 2 is 1.88 bits per heavy atom. The highest BCUT2D eigenvalue weighted by Crippen LogP contribution is 2.51. The summed E-state index contributed by atoms with van der Waals surface area (Å²) in [5, 5.41) is 2.70. The number of hydrogen-bond donors (Lipinski definition) is 1. The van der Waals surface area contributed by atoms with Gasteiger partial charge in [-0.05, 0) is 51.8 Å². The molecule has 1 aromatic carbocycles. The van der Waals surface area contributed by atoms with Crippen molar-refractivity contribution in [2.45, 2.75) is 63.4 Å². The quantitative estimate of drug-likeness (QED) is 0.794. The number of nitrogens with one attached hydrogen (secondary N) is 1. The van der Waals surface area contributed by atoms with Crippen LogP contribution in [0.25, 0.3) is 0 Å². The molecule has 132 valence electrons. The average molecular weight is 339 g/mol. The Morgan fingerprint density at radius 3 is 2.50 bits per heavy atom. The molecule has 1 N–H and O–H groups in total. The van der Waals surface area contributed by atoms with Gasteiger partial charge >= 0.3 is 6.09 Å². The fourth-order valence-electron chi connectivity index (χ4n) is 3.37. The van der Waals surface area contributed by atoms with Crippen LogP contribution in [0.1, 0.15) is 52.0 Å². The van der Waals surface area contributed by atoms with E-state index in [-0.39, 0.29) is 18.3 Å². The number of benzene rings is 1. The molecule has 24 heavy (non-hydrogen) atoms. The minimum Gasteiger partial charge on any atom is -0.492 e. The van der Waals surface area contributed by atoms with Crippen LogP contribution in [0.2, 0.25) is 0 Å². The van der Waals surface area contributed by atoms with E-state index in [9.17, 15) is 13.6 Å². The summed E-state index contributed by atoms with van der Waals surface area (Å²) < 4.78 is 38.0. The summed E-state index contributed by atoms with van der Waals surface area (Å²) in [7, 11) is 0. The van der Waals surface area contributed by atoms with Crippen LogP contribution in [0.4, 0.5) is 19.3 Å². The first-order valence-electron chi connectivity index (χ1n) is 8.24. The lowest BCUT2D eigenvalue weighted by Gasteiger charge is -2.36. The normalized spacial score (nSPS) is 21.0. The minimum absolute atomic E-state index is 0.125. The smallest absolute Gasteiger partial charge is 0.412 e. The van der Waals surface area contributed by atoms with Gasteiger partial charge in [0.15, 0.2) is 0 Å². The number of ether oxygens (including phenoxy) is 2. The van der Waals surface area contributed by atoms with Crippen LogP contribution in [-0.4, -0.2) is 24.2 Å². The molecule has 1 aliphatic heterocycles. The van der Waals surface area contributed by atoms with Gasteiger partial charge in [0.2, 0.25) is 5.92 Å². The zero-order chi connectivity index (χ0) is 17.6. The fourth-order valence-corrected chi connectivity index (χ4v) is 3.37. The molecule has 1 saturated carbocycles. The van der Waals surface area contributed by atoms with E-state index < -0.39 is 17.6 Å². The van der Waals surface area contributed by atoms with E-state index >= 15 is 0 Å². The maximum absolute atomic E-state index is 13.5. The number of hydrogen-bond acceptors (Lipinski definition) is 3. The van der Waals surface area contributed by atoms with Crippen molar-refractivity contribution in [2.75, 3.05) is 11.9 Å².